The Morgan fingerprint density at radius 1 is 1.08 bits per heavy atom. The minimum Gasteiger partial charge on any atom is -0.493 e. The van der Waals surface area contributed by atoms with E-state index in [1.165, 1.54) is 6.20 Å². The maximum absolute atomic E-state index is 11.8. The van der Waals surface area contributed by atoms with Gasteiger partial charge in [-0.3, -0.25) is 14.6 Å². The molecule has 2 N–H and O–H groups in total. The van der Waals surface area contributed by atoms with E-state index in [-0.39, 0.29) is 11.8 Å². The Bertz CT molecular complexity index is 689. The van der Waals surface area contributed by atoms with Gasteiger partial charge in [0.25, 0.3) is 5.91 Å². The van der Waals surface area contributed by atoms with Crippen LogP contribution in [0.5, 0.6) is 5.75 Å². The average Bonchev–Trinajstić information content (AvgIpc) is 2.64. The standard InChI is InChI=1S/C19H23N3O3/c1-15-6-2-3-8-17(15)25-13-5-9-18(23)21-11-12-22-19(24)16-7-4-10-20-14-16/h2-4,6-8,10,14H,5,9,11-13H2,1H3,(H,21,23)(H,22,24). The minimum absolute atomic E-state index is 0.0518. The van der Waals surface area contributed by atoms with Crippen molar-refractivity contribution in [3.63, 3.8) is 0 Å². The van der Waals surface area contributed by atoms with E-state index in [0.717, 1.165) is 11.3 Å². The van der Waals surface area contributed by atoms with Gasteiger partial charge < -0.3 is 15.4 Å². The molecular weight excluding hydrogens is 318 g/mol. The van der Waals surface area contributed by atoms with Crippen LogP contribution in [0.4, 0.5) is 0 Å². The summed E-state index contributed by atoms with van der Waals surface area (Å²) < 4.78 is 5.65. The minimum atomic E-state index is -0.200. The number of carbonyl (C=O) groups excluding carboxylic acids is 2. The lowest BCUT2D eigenvalue weighted by Crippen LogP contribution is -2.34. The van der Waals surface area contributed by atoms with Crippen molar-refractivity contribution in [3.8, 4) is 5.75 Å². The molecule has 6 heteroatoms. The maximum Gasteiger partial charge on any atom is 0.252 e. The number of nitrogens with zero attached hydrogens (tertiary/aromatic N) is 1. The normalized spacial score (nSPS) is 10.1. The lowest BCUT2D eigenvalue weighted by Gasteiger charge is -2.09. The number of ether oxygens (including phenoxy) is 1. The monoisotopic (exact) mass is 341 g/mol. The third kappa shape index (κ3) is 6.63. The van der Waals surface area contributed by atoms with Crippen LogP contribution in [0.15, 0.2) is 48.8 Å². The number of aromatic nitrogens is 1. The number of rotatable bonds is 9. The van der Waals surface area contributed by atoms with Crippen molar-refractivity contribution in [1.82, 2.24) is 15.6 Å². The average molecular weight is 341 g/mol. The molecule has 0 aliphatic carbocycles. The second kappa shape index (κ2) is 10.1. The molecule has 1 aromatic carbocycles. The highest BCUT2D eigenvalue weighted by atomic mass is 16.5. The number of amides is 2. The van der Waals surface area contributed by atoms with Gasteiger partial charge in [0.1, 0.15) is 5.75 Å². The summed E-state index contributed by atoms with van der Waals surface area (Å²) in [5.74, 6) is 0.596. The molecule has 0 spiro atoms. The molecule has 0 aliphatic heterocycles. The molecule has 0 fully saturated rings. The molecule has 0 bridgehead atoms. The van der Waals surface area contributed by atoms with Crippen molar-refractivity contribution in [2.45, 2.75) is 19.8 Å². The number of pyridine rings is 1. The second-order valence-electron chi connectivity index (χ2n) is 5.57. The first-order chi connectivity index (χ1) is 12.2. The predicted octanol–water partition coefficient (Wildman–Crippen LogP) is 2.10. The van der Waals surface area contributed by atoms with Crippen LogP contribution in [0.3, 0.4) is 0 Å². The Morgan fingerprint density at radius 3 is 2.64 bits per heavy atom. The summed E-state index contributed by atoms with van der Waals surface area (Å²) in [7, 11) is 0. The van der Waals surface area contributed by atoms with E-state index in [4.69, 9.17) is 4.74 Å². The summed E-state index contributed by atoms with van der Waals surface area (Å²) in [6, 6.07) is 11.2. The summed E-state index contributed by atoms with van der Waals surface area (Å²) in [5.41, 5.74) is 1.58. The molecular formula is C19H23N3O3. The molecule has 2 amide bonds. The largest absolute Gasteiger partial charge is 0.493 e. The Morgan fingerprint density at radius 2 is 1.88 bits per heavy atom. The highest BCUT2D eigenvalue weighted by Gasteiger charge is 2.05. The van der Waals surface area contributed by atoms with E-state index in [9.17, 15) is 9.59 Å². The number of hydrogen-bond acceptors (Lipinski definition) is 4. The lowest BCUT2D eigenvalue weighted by atomic mass is 10.2. The van der Waals surface area contributed by atoms with Crippen LogP contribution in [0, 0.1) is 6.92 Å². The van der Waals surface area contributed by atoms with Gasteiger partial charge in [0.2, 0.25) is 5.91 Å². The van der Waals surface area contributed by atoms with Gasteiger partial charge in [-0.25, -0.2) is 0 Å². The highest BCUT2D eigenvalue weighted by molar-refractivity contribution is 5.93. The Balaban J connectivity index is 1.54. The van der Waals surface area contributed by atoms with Gasteiger partial charge in [-0.05, 0) is 37.1 Å². The van der Waals surface area contributed by atoms with Crippen molar-refractivity contribution in [3.05, 3.63) is 59.9 Å². The summed E-state index contributed by atoms with van der Waals surface area (Å²) in [6.07, 6.45) is 4.15. The van der Waals surface area contributed by atoms with Crippen LogP contribution in [0.2, 0.25) is 0 Å². The fourth-order valence-electron chi connectivity index (χ4n) is 2.20. The third-order valence-corrected chi connectivity index (χ3v) is 3.56. The molecule has 2 rings (SSSR count). The van der Waals surface area contributed by atoms with Crippen LogP contribution in [0.1, 0.15) is 28.8 Å². The molecule has 2 aromatic rings. The molecule has 132 valence electrons. The quantitative estimate of drug-likeness (QED) is 0.685. The SMILES string of the molecule is Cc1ccccc1OCCCC(=O)NCCNC(=O)c1cccnc1. The van der Waals surface area contributed by atoms with Crippen LogP contribution in [-0.4, -0.2) is 36.5 Å². The molecule has 0 aliphatic rings. The third-order valence-electron chi connectivity index (χ3n) is 3.56. The molecule has 1 heterocycles. The zero-order valence-corrected chi connectivity index (χ0v) is 14.3. The smallest absolute Gasteiger partial charge is 0.252 e. The van der Waals surface area contributed by atoms with Gasteiger partial charge >= 0.3 is 0 Å². The molecule has 0 saturated heterocycles. The van der Waals surface area contributed by atoms with Crippen molar-refractivity contribution in [1.29, 1.82) is 0 Å². The van der Waals surface area contributed by atoms with E-state index >= 15 is 0 Å². The van der Waals surface area contributed by atoms with Crippen molar-refractivity contribution >= 4 is 11.8 Å². The topological polar surface area (TPSA) is 80.3 Å². The molecule has 0 atom stereocenters. The van der Waals surface area contributed by atoms with Gasteiger partial charge in [-0.2, -0.15) is 0 Å². The van der Waals surface area contributed by atoms with Gasteiger partial charge in [-0.1, -0.05) is 18.2 Å². The number of para-hydroxylation sites is 1. The Labute approximate surface area is 147 Å². The highest BCUT2D eigenvalue weighted by Crippen LogP contribution is 2.16. The summed E-state index contributed by atoms with van der Waals surface area (Å²) in [4.78, 5) is 27.4. The van der Waals surface area contributed by atoms with Gasteiger partial charge in [0.15, 0.2) is 0 Å². The zero-order valence-electron chi connectivity index (χ0n) is 14.3. The van der Waals surface area contributed by atoms with Crippen molar-refractivity contribution in [2.24, 2.45) is 0 Å². The number of aryl methyl sites for hydroxylation is 1. The van der Waals surface area contributed by atoms with Crippen molar-refractivity contribution < 1.29 is 14.3 Å². The van der Waals surface area contributed by atoms with Crippen LogP contribution in [-0.2, 0) is 4.79 Å². The molecule has 1 aromatic heterocycles. The maximum atomic E-state index is 11.8. The van der Waals surface area contributed by atoms with Crippen LogP contribution < -0.4 is 15.4 Å². The first kappa shape index (κ1) is 18.4. The first-order valence-electron chi connectivity index (χ1n) is 8.30. The lowest BCUT2D eigenvalue weighted by molar-refractivity contribution is -0.121. The van der Waals surface area contributed by atoms with E-state index in [1.807, 2.05) is 31.2 Å². The van der Waals surface area contributed by atoms with Gasteiger partial charge in [-0.15, -0.1) is 0 Å². The fourth-order valence-corrected chi connectivity index (χ4v) is 2.20. The fraction of sp³-hybridized carbons (Fsp3) is 0.316. The molecule has 25 heavy (non-hydrogen) atoms. The number of carbonyl (C=O) groups is 2. The predicted molar refractivity (Wildman–Crippen MR) is 95.5 cm³/mol. The van der Waals surface area contributed by atoms with Crippen LogP contribution in [0.25, 0.3) is 0 Å². The van der Waals surface area contributed by atoms with E-state index < -0.39 is 0 Å². The molecule has 0 radical (unpaired) electrons. The van der Waals surface area contributed by atoms with E-state index in [1.54, 1.807) is 18.3 Å². The molecule has 0 saturated carbocycles. The van der Waals surface area contributed by atoms with Gasteiger partial charge in [0, 0.05) is 31.9 Å². The Kier molecular flexibility index (Phi) is 7.43. The number of benzene rings is 1. The zero-order chi connectivity index (χ0) is 17.9. The second-order valence-corrected chi connectivity index (χ2v) is 5.57. The summed E-state index contributed by atoms with van der Waals surface area (Å²) in [6.45, 7) is 3.25. The number of nitrogens with one attached hydrogen (secondary N) is 2. The molecule has 0 unspecified atom stereocenters. The van der Waals surface area contributed by atoms with E-state index in [2.05, 4.69) is 15.6 Å². The van der Waals surface area contributed by atoms with Crippen molar-refractivity contribution in [2.75, 3.05) is 19.7 Å². The Hall–Kier alpha value is -2.89. The van der Waals surface area contributed by atoms with E-state index in [0.29, 0.717) is 38.1 Å². The molecule has 6 nitrogen and oxygen atoms in total. The summed E-state index contributed by atoms with van der Waals surface area (Å²) >= 11 is 0. The van der Waals surface area contributed by atoms with Gasteiger partial charge in [0.05, 0.1) is 12.2 Å². The number of hydrogen-bond donors (Lipinski definition) is 2. The first-order valence-corrected chi connectivity index (χ1v) is 8.30. The summed E-state index contributed by atoms with van der Waals surface area (Å²) in [5, 5.41) is 5.51. The van der Waals surface area contributed by atoms with Crippen LogP contribution >= 0.6 is 0 Å².